The van der Waals surface area contributed by atoms with E-state index in [-0.39, 0.29) is 0 Å². The second kappa shape index (κ2) is 6.71. The van der Waals surface area contributed by atoms with Gasteiger partial charge in [0.15, 0.2) is 0 Å². The minimum Gasteiger partial charge on any atom is -0.348 e. The van der Waals surface area contributed by atoms with Gasteiger partial charge < -0.3 is 10.3 Å². The highest BCUT2D eigenvalue weighted by atomic mass is 15.0. The number of H-pyrrole nitrogens is 1. The quantitative estimate of drug-likeness (QED) is 0.874. The van der Waals surface area contributed by atoms with E-state index >= 15 is 0 Å². The minimum atomic E-state index is 0.619. The topological polar surface area (TPSA) is 40.7 Å². The van der Waals surface area contributed by atoms with Crippen molar-refractivity contribution in [2.45, 2.75) is 44.7 Å². The molecule has 0 amide bonds. The van der Waals surface area contributed by atoms with Gasteiger partial charge in [-0.2, -0.15) is 0 Å². The Labute approximate surface area is 120 Å². The Balaban J connectivity index is 1.59. The van der Waals surface area contributed by atoms with E-state index in [1.807, 2.05) is 12.4 Å². The lowest BCUT2D eigenvalue weighted by Crippen LogP contribution is -2.39. The van der Waals surface area contributed by atoms with E-state index in [2.05, 4.69) is 45.6 Å². The summed E-state index contributed by atoms with van der Waals surface area (Å²) in [6.45, 7) is 0.850. The zero-order valence-corrected chi connectivity index (χ0v) is 11.9. The molecule has 0 aliphatic heterocycles. The number of hydrogen-bond acceptors (Lipinski definition) is 2. The molecule has 1 aliphatic rings. The van der Waals surface area contributed by atoms with Crippen molar-refractivity contribution in [1.29, 1.82) is 0 Å². The molecular formula is C17H23N3. The first-order valence-corrected chi connectivity index (χ1v) is 7.67. The van der Waals surface area contributed by atoms with Crippen molar-refractivity contribution >= 4 is 0 Å². The molecule has 1 aromatic heterocycles. The van der Waals surface area contributed by atoms with Gasteiger partial charge >= 0.3 is 0 Å². The van der Waals surface area contributed by atoms with E-state index < -0.39 is 0 Å². The van der Waals surface area contributed by atoms with Crippen LogP contribution in [0.2, 0.25) is 0 Å². The van der Waals surface area contributed by atoms with Crippen molar-refractivity contribution in [3.05, 3.63) is 54.1 Å². The Kier molecular flexibility index (Phi) is 4.49. The molecule has 2 aromatic rings. The standard InChI is InChI=1S/C17H23N3/c1-2-6-14(7-3-1)12-15-8-4-5-9-16(15)20-13-17-18-10-11-19-17/h1-3,6-7,10-11,15-16,20H,4-5,8-9,12-13H2,(H,18,19). The zero-order valence-electron chi connectivity index (χ0n) is 11.9. The second-order valence-electron chi connectivity index (χ2n) is 5.76. The van der Waals surface area contributed by atoms with Gasteiger partial charge in [0.25, 0.3) is 0 Å². The Bertz CT molecular complexity index is 492. The molecule has 0 saturated heterocycles. The Morgan fingerprint density at radius 3 is 2.80 bits per heavy atom. The molecule has 20 heavy (non-hydrogen) atoms. The van der Waals surface area contributed by atoms with Crippen LogP contribution < -0.4 is 5.32 Å². The molecule has 106 valence electrons. The molecule has 2 atom stereocenters. The van der Waals surface area contributed by atoms with Crippen LogP contribution in [0.25, 0.3) is 0 Å². The molecule has 0 radical (unpaired) electrons. The molecule has 1 saturated carbocycles. The highest BCUT2D eigenvalue weighted by Crippen LogP contribution is 2.27. The van der Waals surface area contributed by atoms with Gasteiger partial charge in [-0.25, -0.2) is 4.98 Å². The smallest absolute Gasteiger partial charge is 0.120 e. The van der Waals surface area contributed by atoms with Crippen LogP contribution in [0.1, 0.15) is 37.1 Å². The van der Waals surface area contributed by atoms with Crippen LogP contribution in [0.15, 0.2) is 42.7 Å². The fourth-order valence-electron chi connectivity index (χ4n) is 3.26. The molecule has 0 bridgehead atoms. The average molecular weight is 269 g/mol. The van der Waals surface area contributed by atoms with Gasteiger partial charge in [-0.1, -0.05) is 43.2 Å². The van der Waals surface area contributed by atoms with E-state index in [4.69, 9.17) is 0 Å². The number of benzene rings is 1. The molecule has 1 aliphatic carbocycles. The number of hydrogen-bond donors (Lipinski definition) is 2. The first-order chi connectivity index (χ1) is 9.92. The number of nitrogens with one attached hydrogen (secondary N) is 2. The van der Waals surface area contributed by atoms with Crippen LogP contribution in [0.5, 0.6) is 0 Å². The van der Waals surface area contributed by atoms with Gasteiger partial charge in [0.1, 0.15) is 5.82 Å². The highest BCUT2D eigenvalue weighted by molar-refractivity contribution is 5.15. The lowest BCUT2D eigenvalue weighted by molar-refractivity contribution is 0.258. The molecule has 3 rings (SSSR count). The molecule has 1 heterocycles. The van der Waals surface area contributed by atoms with Gasteiger partial charge in [0.2, 0.25) is 0 Å². The van der Waals surface area contributed by atoms with Crippen molar-refractivity contribution < 1.29 is 0 Å². The van der Waals surface area contributed by atoms with E-state index in [0.29, 0.717) is 6.04 Å². The Morgan fingerprint density at radius 1 is 1.15 bits per heavy atom. The Hall–Kier alpha value is -1.61. The van der Waals surface area contributed by atoms with Crippen LogP contribution in [0.4, 0.5) is 0 Å². The molecular weight excluding hydrogens is 246 g/mol. The molecule has 1 aromatic carbocycles. The number of rotatable bonds is 5. The Morgan fingerprint density at radius 2 is 2.00 bits per heavy atom. The summed E-state index contributed by atoms with van der Waals surface area (Å²) >= 11 is 0. The van der Waals surface area contributed by atoms with Crippen molar-refractivity contribution in [3.8, 4) is 0 Å². The van der Waals surface area contributed by atoms with Crippen LogP contribution >= 0.6 is 0 Å². The summed E-state index contributed by atoms with van der Waals surface area (Å²) in [5.74, 6) is 1.79. The van der Waals surface area contributed by atoms with Gasteiger partial charge in [0.05, 0.1) is 6.54 Å². The largest absolute Gasteiger partial charge is 0.348 e. The molecule has 2 N–H and O–H groups in total. The normalized spacial score (nSPS) is 22.8. The number of aromatic amines is 1. The maximum atomic E-state index is 4.29. The summed E-state index contributed by atoms with van der Waals surface area (Å²) in [5.41, 5.74) is 1.46. The molecule has 3 heteroatoms. The van der Waals surface area contributed by atoms with Crippen molar-refractivity contribution in [1.82, 2.24) is 15.3 Å². The molecule has 1 fully saturated rings. The lowest BCUT2D eigenvalue weighted by Gasteiger charge is -2.32. The van der Waals surface area contributed by atoms with Crippen LogP contribution in [-0.4, -0.2) is 16.0 Å². The molecule has 0 spiro atoms. The lowest BCUT2D eigenvalue weighted by atomic mass is 9.80. The second-order valence-corrected chi connectivity index (χ2v) is 5.76. The number of aromatic nitrogens is 2. The third-order valence-corrected chi connectivity index (χ3v) is 4.34. The minimum absolute atomic E-state index is 0.619. The fourth-order valence-corrected chi connectivity index (χ4v) is 3.26. The summed E-state index contributed by atoms with van der Waals surface area (Å²) in [6, 6.07) is 11.5. The van der Waals surface area contributed by atoms with Crippen LogP contribution in [0.3, 0.4) is 0 Å². The predicted molar refractivity (Wildman–Crippen MR) is 81.3 cm³/mol. The maximum Gasteiger partial charge on any atom is 0.120 e. The summed E-state index contributed by atoms with van der Waals surface area (Å²) in [6.07, 6.45) is 10.2. The summed E-state index contributed by atoms with van der Waals surface area (Å²) < 4.78 is 0. The van der Waals surface area contributed by atoms with E-state index in [9.17, 15) is 0 Å². The predicted octanol–water partition coefficient (Wildman–Crippen LogP) is 3.30. The zero-order chi connectivity index (χ0) is 13.6. The third-order valence-electron chi connectivity index (χ3n) is 4.34. The van der Waals surface area contributed by atoms with E-state index in [1.54, 1.807) is 0 Å². The maximum absolute atomic E-state index is 4.29. The van der Waals surface area contributed by atoms with Crippen molar-refractivity contribution in [2.24, 2.45) is 5.92 Å². The first-order valence-electron chi connectivity index (χ1n) is 7.67. The van der Waals surface area contributed by atoms with Gasteiger partial charge in [-0.05, 0) is 30.7 Å². The number of imidazole rings is 1. The van der Waals surface area contributed by atoms with Crippen LogP contribution in [0, 0.1) is 5.92 Å². The molecule has 3 nitrogen and oxygen atoms in total. The highest BCUT2D eigenvalue weighted by Gasteiger charge is 2.24. The van der Waals surface area contributed by atoms with Gasteiger partial charge in [-0.3, -0.25) is 0 Å². The third kappa shape index (κ3) is 3.48. The van der Waals surface area contributed by atoms with Gasteiger partial charge in [0, 0.05) is 18.4 Å². The average Bonchev–Trinajstić information content (AvgIpc) is 3.01. The molecule has 2 unspecified atom stereocenters. The SMILES string of the molecule is c1ccc(CC2CCCCC2NCc2ncc[nH]2)cc1. The number of nitrogens with zero attached hydrogens (tertiary/aromatic N) is 1. The summed E-state index contributed by atoms with van der Waals surface area (Å²) in [4.78, 5) is 7.46. The summed E-state index contributed by atoms with van der Waals surface area (Å²) in [7, 11) is 0. The van der Waals surface area contributed by atoms with E-state index in [0.717, 1.165) is 18.3 Å². The van der Waals surface area contributed by atoms with Gasteiger partial charge in [-0.15, -0.1) is 0 Å². The van der Waals surface area contributed by atoms with Crippen molar-refractivity contribution in [3.63, 3.8) is 0 Å². The van der Waals surface area contributed by atoms with Crippen LogP contribution in [-0.2, 0) is 13.0 Å². The fraction of sp³-hybridized carbons (Fsp3) is 0.471. The van der Waals surface area contributed by atoms with E-state index in [1.165, 1.54) is 37.7 Å². The van der Waals surface area contributed by atoms with Crippen molar-refractivity contribution in [2.75, 3.05) is 0 Å². The monoisotopic (exact) mass is 269 g/mol. The first kappa shape index (κ1) is 13.4. The summed E-state index contributed by atoms with van der Waals surface area (Å²) in [5, 5.41) is 3.70.